The number of benzene rings is 2. The lowest BCUT2D eigenvalue weighted by Gasteiger charge is -2.09. The van der Waals surface area contributed by atoms with Gasteiger partial charge in [-0.25, -0.2) is 0 Å². The van der Waals surface area contributed by atoms with E-state index in [4.69, 9.17) is 16.3 Å². The fourth-order valence-electron chi connectivity index (χ4n) is 2.03. The molecule has 0 fully saturated rings. The number of hydrogen-bond acceptors (Lipinski definition) is 2. The number of hydrogen-bond donors (Lipinski definition) is 1. The zero-order valence-corrected chi connectivity index (χ0v) is 12.0. The maximum atomic E-state index is 6.36. The second kappa shape index (κ2) is 6.60. The molecule has 0 saturated carbocycles. The van der Waals surface area contributed by atoms with E-state index in [1.54, 1.807) is 0 Å². The van der Waals surface area contributed by atoms with Gasteiger partial charge in [-0.2, -0.15) is 0 Å². The monoisotopic (exact) mass is 275 g/mol. The Morgan fingerprint density at radius 3 is 2.68 bits per heavy atom. The summed E-state index contributed by atoms with van der Waals surface area (Å²) >= 11 is 6.36. The molecule has 0 radical (unpaired) electrons. The quantitative estimate of drug-likeness (QED) is 0.886. The van der Waals surface area contributed by atoms with Crippen molar-refractivity contribution in [1.82, 2.24) is 5.32 Å². The van der Waals surface area contributed by atoms with E-state index in [9.17, 15) is 0 Å². The molecular weight excluding hydrogens is 258 g/mol. The van der Waals surface area contributed by atoms with Crippen LogP contribution in [-0.4, -0.2) is 13.7 Å². The van der Waals surface area contributed by atoms with Gasteiger partial charge in [0.15, 0.2) is 0 Å². The van der Waals surface area contributed by atoms with Gasteiger partial charge in [0.05, 0.1) is 6.61 Å². The van der Waals surface area contributed by atoms with Crippen LogP contribution in [0.2, 0.25) is 5.02 Å². The smallest absolute Gasteiger partial charge is 0.119 e. The van der Waals surface area contributed by atoms with Crippen LogP contribution in [0.1, 0.15) is 12.5 Å². The van der Waals surface area contributed by atoms with E-state index in [0.29, 0.717) is 6.61 Å². The number of halogens is 1. The zero-order valence-electron chi connectivity index (χ0n) is 11.2. The van der Waals surface area contributed by atoms with Gasteiger partial charge in [-0.15, -0.1) is 0 Å². The first-order chi connectivity index (χ1) is 9.24. The molecule has 2 rings (SSSR count). The summed E-state index contributed by atoms with van der Waals surface area (Å²) in [4.78, 5) is 0. The van der Waals surface area contributed by atoms with Gasteiger partial charge in [0.25, 0.3) is 0 Å². The largest absolute Gasteiger partial charge is 0.494 e. The van der Waals surface area contributed by atoms with Gasteiger partial charge in [-0.05, 0) is 43.3 Å². The van der Waals surface area contributed by atoms with Gasteiger partial charge in [0.2, 0.25) is 0 Å². The third-order valence-electron chi connectivity index (χ3n) is 2.87. The first-order valence-electron chi connectivity index (χ1n) is 6.41. The Bertz CT molecular complexity index is 554. The summed E-state index contributed by atoms with van der Waals surface area (Å²) in [5.74, 6) is 0.871. The van der Waals surface area contributed by atoms with Crippen molar-refractivity contribution in [2.45, 2.75) is 13.5 Å². The van der Waals surface area contributed by atoms with Crippen LogP contribution < -0.4 is 10.1 Å². The van der Waals surface area contributed by atoms with E-state index in [0.717, 1.165) is 28.4 Å². The van der Waals surface area contributed by atoms with Crippen LogP contribution in [-0.2, 0) is 6.54 Å². The van der Waals surface area contributed by atoms with E-state index in [-0.39, 0.29) is 0 Å². The van der Waals surface area contributed by atoms with Crippen LogP contribution in [0.25, 0.3) is 11.1 Å². The third-order valence-corrected chi connectivity index (χ3v) is 3.18. The van der Waals surface area contributed by atoms with Gasteiger partial charge in [0, 0.05) is 17.1 Å². The van der Waals surface area contributed by atoms with Gasteiger partial charge < -0.3 is 10.1 Å². The molecule has 100 valence electrons. The summed E-state index contributed by atoms with van der Waals surface area (Å²) in [5, 5.41) is 3.88. The molecule has 2 aromatic carbocycles. The zero-order chi connectivity index (χ0) is 13.7. The van der Waals surface area contributed by atoms with Crippen LogP contribution in [0.4, 0.5) is 0 Å². The molecule has 0 amide bonds. The maximum Gasteiger partial charge on any atom is 0.119 e. The molecule has 0 heterocycles. The van der Waals surface area contributed by atoms with Crippen LogP contribution in [0.3, 0.4) is 0 Å². The Labute approximate surface area is 119 Å². The third kappa shape index (κ3) is 3.49. The Morgan fingerprint density at radius 2 is 2.00 bits per heavy atom. The Hall–Kier alpha value is -1.51. The lowest BCUT2D eigenvalue weighted by molar-refractivity contribution is 0.340. The fourth-order valence-corrected chi connectivity index (χ4v) is 2.34. The summed E-state index contributed by atoms with van der Waals surface area (Å²) in [7, 11) is 1.92. The lowest BCUT2D eigenvalue weighted by Crippen LogP contribution is -2.04. The number of ether oxygens (including phenoxy) is 1. The summed E-state index contributed by atoms with van der Waals surface area (Å²) in [6.07, 6.45) is 0. The van der Waals surface area contributed by atoms with Crippen molar-refractivity contribution in [2.75, 3.05) is 13.7 Å². The second-order valence-electron chi connectivity index (χ2n) is 4.31. The molecule has 0 aromatic heterocycles. The highest BCUT2D eigenvalue weighted by Crippen LogP contribution is 2.30. The molecule has 0 unspecified atom stereocenters. The molecule has 1 N–H and O–H groups in total. The SMILES string of the molecule is CCOc1cccc(-c2ccc(CNC)cc2Cl)c1. The van der Waals surface area contributed by atoms with Crippen molar-refractivity contribution in [3.63, 3.8) is 0 Å². The molecule has 19 heavy (non-hydrogen) atoms. The fraction of sp³-hybridized carbons (Fsp3) is 0.250. The van der Waals surface area contributed by atoms with Crippen LogP contribution in [0, 0.1) is 0 Å². The van der Waals surface area contributed by atoms with Crippen LogP contribution in [0.15, 0.2) is 42.5 Å². The Morgan fingerprint density at radius 1 is 1.16 bits per heavy atom. The number of rotatable bonds is 5. The highest BCUT2D eigenvalue weighted by atomic mass is 35.5. The van der Waals surface area contributed by atoms with Crippen molar-refractivity contribution >= 4 is 11.6 Å². The highest BCUT2D eigenvalue weighted by Gasteiger charge is 2.05. The van der Waals surface area contributed by atoms with E-state index in [1.165, 1.54) is 5.56 Å². The summed E-state index contributed by atoms with van der Waals surface area (Å²) in [6.45, 7) is 3.46. The maximum absolute atomic E-state index is 6.36. The molecular formula is C16H18ClNO. The van der Waals surface area contributed by atoms with Gasteiger partial charge in [0.1, 0.15) is 5.75 Å². The van der Waals surface area contributed by atoms with E-state index < -0.39 is 0 Å². The van der Waals surface area contributed by atoms with Crippen molar-refractivity contribution in [2.24, 2.45) is 0 Å². The molecule has 0 saturated heterocycles. The molecule has 3 heteroatoms. The average Bonchev–Trinajstić information content (AvgIpc) is 2.40. The molecule has 0 atom stereocenters. The predicted octanol–water partition coefficient (Wildman–Crippen LogP) is 4.13. The van der Waals surface area contributed by atoms with E-state index >= 15 is 0 Å². The second-order valence-corrected chi connectivity index (χ2v) is 4.71. The summed E-state index contributed by atoms with van der Waals surface area (Å²) in [5.41, 5.74) is 3.28. The van der Waals surface area contributed by atoms with Crippen molar-refractivity contribution in [3.8, 4) is 16.9 Å². The average molecular weight is 276 g/mol. The number of nitrogens with one attached hydrogen (secondary N) is 1. The Balaban J connectivity index is 2.33. The van der Waals surface area contributed by atoms with E-state index in [1.807, 2.05) is 44.3 Å². The molecule has 0 bridgehead atoms. The van der Waals surface area contributed by atoms with Crippen molar-refractivity contribution < 1.29 is 4.74 Å². The van der Waals surface area contributed by atoms with Gasteiger partial charge in [-0.1, -0.05) is 35.9 Å². The van der Waals surface area contributed by atoms with Gasteiger partial charge in [-0.3, -0.25) is 0 Å². The van der Waals surface area contributed by atoms with Crippen LogP contribution >= 0.6 is 11.6 Å². The molecule has 0 aliphatic heterocycles. The van der Waals surface area contributed by atoms with Gasteiger partial charge >= 0.3 is 0 Å². The van der Waals surface area contributed by atoms with Crippen molar-refractivity contribution in [1.29, 1.82) is 0 Å². The molecule has 0 aliphatic rings. The minimum Gasteiger partial charge on any atom is -0.494 e. The highest BCUT2D eigenvalue weighted by molar-refractivity contribution is 6.33. The predicted molar refractivity (Wildman–Crippen MR) is 80.8 cm³/mol. The lowest BCUT2D eigenvalue weighted by atomic mass is 10.0. The summed E-state index contributed by atoms with van der Waals surface area (Å²) < 4.78 is 5.52. The molecule has 2 aromatic rings. The van der Waals surface area contributed by atoms with Crippen molar-refractivity contribution in [3.05, 3.63) is 53.1 Å². The van der Waals surface area contributed by atoms with Crippen LogP contribution in [0.5, 0.6) is 5.75 Å². The summed E-state index contributed by atoms with van der Waals surface area (Å²) in [6, 6.07) is 14.1. The first kappa shape index (κ1) is 13.9. The Kier molecular flexibility index (Phi) is 4.83. The normalized spacial score (nSPS) is 10.5. The standard InChI is InChI=1S/C16H18ClNO/c1-3-19-14-6-4-5-13(10-14)15-8-7-12(11-18-2)9-16(15)17/h4-10,18H,3,11H2,1-2H3. The minimum absolute atomic E-state index is 0.665. The molecule has 2 nitrogen and oxygen atoms in total. The topological polar surface area (TPSA) is 21.3 Å². The first-order valence-corrected chi connectivity index (χ1v) is 6.78. The molecule has 0 spiro atoms. The molecule has 0 aliphatic carbocycles. The van der Waals surface area contributed by atoms with E-state index in [2.05, 4.69) is 17.4 Å². The minimum atomic E-state index is 0.665.